The van der Waals surface area contributed by atoms with E-state index in [9.17, 15) is 13.5 Å². The summed E-state index contributed by atoms with van der Waals surface area (Å²) in [6, 6.07) is 4.46. The highest BCUT2D eigenvalue weighted by Gasteiger charge is 2.21. The van der Waals surface area contributed by atoms with Crippen LogP contribution in [0.2, 0.25) is 0 Å². The van der Waals surface area contributed by atoms with Crippen molar-refractivity contribution in [1.82, 2.24) is 4.72 Å². The Kier molecular flexibility index (Phi) is 7.32. The zero-order chi connectivity index (χ0) is 16.8. The van der Waals surface area contributed by atoms with Gasteiger partial charge in [0, 0.05) is 6.04 Å². The Morgan fingerprint density at radius 1 is 1.23 bits per heavy atom. The molecule has 0 spiro atoms. The fraction of sp³-hybridized carbons (Fsp3) is 0.625. The molecule has 2 atom stereocenters. The third-order valence-electron chi connectivity index (χ3n) is 3.77. The number of aliphatic hydroxyl groups is 1. The van der Waals surface area contributed by atoms with E-state index in [2.05, 4.69) is 11.6 Å². The Morgan fingerprint density at radius 2 is 1.91 bits per heavy atom. The molecule has 0 aliphatic carbocycles. The number of ether oxygens (including phenoxy) is 1. The topological polar surface area (TPSA) is 75.6 Å². The summed E-state index contributed by atoms with van der Waals surface area (Å²) in [5, 5.41) is 9.18. The molecule has 0 aromatic heterocycles. The summed E-state index contributed by atoms with van der Waals surface area (Å²) >= 11 is 0. The molecule has 126 valence electrons. The monoisotopic (exact) mass is 329 g/mol. The summed E-state index contributed by atoms with van der Waals surface area (Å²) < 4.78 is 33.0. The van der Waals surface area contributed by atoms with Crippen LogP contribution >= 0.6 is 0 Å². The number of hydrogen-bond acceptors (Lipinski definition) is 4. The minimum Gasteiger partial charge on any atom is -0.494 e. The van der Waals surface area contributed by atoms with E-state index in [0.29, 0.717) is 13.0 Å². The molecule has 6 heteroatoms. The van der Waals surface area contributed by atoms with Gasteiger partial charge in [-0.2, -0.15) is 0 Å². The van der Waals surface area contributed by atoms with Gasteiger partial charge in [-0.1, -0.05) is 20.8 Å². The lowest BCUT2D eigenvalue weighted by atomic mass is 9.98. The van der Waals surface area contributed by atoms with Crippen LogP contribution in [0, 0.1) is 0 Å². The van der Waals surface area contributed by atoms with Gasteiger partial charge in [0.05, 0.1) is 18.1 Å². The van der Waals surface area contributed by atoms with Gasteiger partial charge in [-0.15, -0.1) is 0 Å². The summed E-state index contributed by atoms with van der Waals surface area (Å²) in [4.78, 5) is 0.207. The van der Waals surface area contributed by atoms with Crippen LogP contribution in [0.4, 0.5) is 0 Å². The van der Waals surface area contributed by atoms with E-state index in [-0.39, 0.29) is 17.4 Å². The summed E-state index contributed by atoms with van der Waals surface area (Å²) in [7, 11) is -3.65. The molecule has 1 aromatic rings. The van der Waals surface area contributed by atoms with E-state index < -0.39 is 16.1 Å². The van der Waals surface area contributed by atoms with E-state index in [0.717, 1.165) is 17.7 Å². The molecule has 22 heavy (non-hydrogen) atoms. The van der Waals surface area contributed by atoms with E-state index in [1.54, 1.807) is 18.2 Å². The maximum Gasteiger partial charge on any atom is 0.240 e. The van der Waals surface area contributed by atoms with E-state index >= 15 is 0 Å². The second kappa shape index (κ2) is 8.50. The van der Waals surface area contributed by atoms with Crippen molar-refractivity contribution < 1.29 is 18.3 Å². The maximum atomic E-state index is 12.4. The van der Waals surface area contributed by atoms with Crippen molar-refractivity contribution in [3.8, 4) is 5.75 Å². The summed E-state index contributed by atoms with van der Waals surface area (Å²) in [5.74, 6) is 0.932. The number of hydrogen-bond donors (Lipinski definition) is 2. The Labute approximate surface area is 133 Å². The summed E-state index contributed by atoms with van der Waals surface area (Å²) in [5.41, 5.74) is 0.893. The molecular formula is C16H27NO4S. The average Bonchev–Trinajstić information content (AvgIpc) is 2.52. The first-order valence-electron chi connectivity index (χ1n) is 7.79. The van der Waals surface area contributed by atoms with Crippen molar-refractivity contribution >= 4 is 10.0 Å². The van der Waals surface area contributed by atoms with E-state index in [1.807, 2.05) is 20.8 Å². The number of nitrogens with one attached hydrogen (secondary N) is 1. The standard InChI is InChI=1S/C16H27NO4S/c1-5-12(4)15-10-14(8-9-16(15)21-7-3)22(19,20)17-13(6-2)11-18/h8-10,12-13,17-18H,5-7,11H2,1-4H3/t12-,13-/m1/s1. The van der Waals surface area contributed by atoms with Crippen molar-refractivity contribution in [2.75, 3.05) is 13.2 Å². The van der Waals surface area contributed by atoms with E-state index in [1.165, 1.54) is 0 Å². The molecule has 0 radical (unpaired) electrons. The molecule has 0 heterocycles. The SMILES string of the molecule is CCOc1ccc(S(=O)(=O)N[C@H](CC)CO)cc1[C@H](C)CC. The molecule has 0 amide bonds. The van der Waals surface area contributed by atoms with Crippen LogP contribution in [0.25, 0.3) is 0 Å². The van der Waals surface area contributed by atoms with Crippen LogP contribution in [0.3, 0.4) is 0 Å². The zero-order valence-electron chi connectivity index (χ0n) is 13.8. The average molecular weight is 329 g/mol. The van der Waals surface area contributed by atoms with Gasteiger partial charge in [-0.3, -0.25) is 0 Å². The minimum absolute atomic E-state index is 0.205. The van der Waals surface area contributed by atoms with E-state index in [4.69, 9.17) is 4.74 Å². The fourth-order valence-electron chi connectivity index (χ4n) is 2.12. The Bertz CT molecular complexity index is 568. The first kappa shape index (κ1) is 18.9. The van der Waals surface area contributed by atoms with Crippen LogP contribution < -0.4 is 9.46 Å². The Balaban J connectivity index is 3.19. The maximum absolute atomic E-state index is 12.4. The molecule has 0 unspecified atom stereocenters. The number of aliphatic hydroxyl groups excluding tert-OH is 1. The van der Waals surface area contributed by atoms with Crippen molar-refractivity contribution in [3.05, 3.63) is 23.8 Å². The molecule has 1 aromatic carbocycles. The number of benzene rings is 1. The van der Waals surface area contributed by atoms with Crippen molar-refractivity contribution in [3.63, 3.8) is 0 Å². The van der Waals surface area contributed by atoms with Crippen molar-refractivity contribution in [2.45, 2.75) is 57.4 Å². The second-order valence-electron chi connectivity index (χ2n) is 5.35. The summed E-state index contributed by atoms with van der Waals surface area (Å²) in [6.07, 6.45) is 1.43. The van der Waals surface area contributed by atoms with Crippen LogP contribution in [0.1, 0.15) is 52.0 Å². The third-order valence-corrected chi connectivity index (χ3v) is 5.29. The molecule has 0 aliphatic heterocycles. The van der Waals surface area contributed by atoms with Gasteiger partial charge < -0.3 is 9.84 Å². The highest BCUT2D eigenvalue weighted by Crippen LogP contribution is 2.31. The molecule has 1 rings (SSSR count). The van der Waals surface area contributed by atoms with Gasteiger partial charge in [0.1, 0.15) is 5.75 Å². The first-order valence-corrected chi connectivity index (χ1v) is 9.27. The molecular weight excluding hydrogens is 302 g/mol. The first-order chi connectivity index (χ1) is 10.4. The highest BCUT2D eigenvalue weighted by atomic mass is 32.2. The lowest BCUT2D eigenvalue weighted by Gasteiger charge is -2.18. The Hall–Kier alpha value is -1.11. The predicted molar refractivity (Wildman–Crippen MR) is 87.8 cm³/mol. The second-order valence-corrected chi connectivity index (χ2v) is 7.06. The molecule has 0 saturated heterocycles. The third kappa shape index (κ3) is 4.69. The number of sulfonamides is 1. The molecule has 0 saturated carbocycles. The molecule has 0 bridgehead atoms. The van der Waals surface area contributed by atoms with Gasteiger partial charge in [-0.25, -0.2) is 13.1 Å². The largest absolute Gasteiger partial charge is 0.494 e. The number of rotatable bonds is 9. The van der Waals surface area contributed by atoms with Crippen LogP contribution in [0.15, 0.2) is 23.1 Å². The quantitative estimate of drug-likeness (QED) is 0.730. The van der Waals surface area contributed by atoms with Crippen LogP contribution in [0.5, 0.6) is 5.75 Å². The normalized spacial score (nSPS) is 14.6. The smallest absolute Gasteiger partial charge is 0.240 e. The minimum atomic E-state index is -3.65. The van der Waals surface area contributed by atoms with Crippen LogP contribution in [-0.2, 0) is 10.0 Å². The highest BCUT2D eigenvalue weighted by molar-refractivity contribution is 7.89. The lowest BCUT2D eigenvalue weighted by molar-refractivity contribution is 0.254. The van der Waals surface area contributed by atoms with Gasteiger partial charge in [0.15, 0.2) is 0 Å². The molecule has 2 N–H and O–H groups in total. The molecule has 0 fully saturated rings. The fourth-order valence-corrected chi connectivity index (χ4v) is 3.47. The van der Waals surface area contributed by atoms with Crippen molar-refractivity contribution in [2.24, 2.45) is 0 Å². The molecule has 5 nitrogen and oxygen atoms in total. The van der Waals surface area contributed by atoms with Gasteiger partial charge in [-0.05, 0) is 49.4 Å². The molecule has 0 aliphatic rings. The zero-order valence-corrected chi connectivity index (χ0v) is 14.6. The summed E-state index contributed by atoms with van der Waals surface area (Å²) in [6.45, 7) is 8.15. The predicted octanol–water partition coefficient (Wildman–Crippen LogP) is 2.65. The Morgan fingerprint density at radius 3 is 2.41 bits per heavy atom. The lowest BCUT2D eigenvalue weighted by Crippen LogP contribution is -2.36. The van der Waals surface area contributed by atoms with Crippen molar-refractivity contribution in [1.29, 1.82) is 0 Å². The van der Waals surface area contributed by atoms with Crippen LogP contribution in [-0.4, -0.2) is 32.8 Å². The van der Waals surface area contributed by atoms with Gasteiger partial charge in [0.2, 0.25) is 10.0 Å². The van der Waals surface area contributed by atoms with Gasteiger partial charge in [0.25, 0.3) is 0 Å². The van der Waals surface area contributed by atoms with Gasteiger partial charge >= 0.3 is 0 Å².